The Morgan fingerprint density at radius 2 is 1.50 bits per heavy atom. The maximum Gasteiger partial charge on any atom is 0.228 e. The topological polar surface area (TPSA) is 65.0 Å². The molecule has 0 aliphatic heterocycles. The van der Waals surface area contributed by atoms with Crippen molar-refractivity contribution in [3.05, 3.63) is 90.3 Å². The fraction of sp³-hybridized carbons (Fsp3) is 0. The van der Waals surface area contributed by atoms with Gasteiger partial charge in [-0.2, -0.15) is 4.98 Å². The van der Waals surface area contributed by atoms with Crippen molar-refractivity contribution in [2.45, 2.75) is 9.99 Å². The summed E-state index contributed by atoms with van der Waals surface area (Å²) < 4.78 is 11.0. The predicted octanol–water partition coefficient (Wildman–Crippen LogP) is 6.86. The molecule has 0 saturated carbocycles. The van der Waals surface area contributed by atoms with Crippen molar-refractivity contribution in [1.29, 1.82) is 0 Å². The van der Waals surface area contributed by atoms with Gasteiger partial charge in [0.05, 0.1) is 0 Å². The Balaban J connectivity index is 1.55. The van der Waals surface area contributed by atoms with Gasteiger partial charge in [-0.3, -0.25) is 0 Å². The van der Waals surface area contributed by atoms with E-state index in [9.17, 15) is 0 Å². The SMILES string of the molecule is Clc1ccc(Sc2oc(-c3ccccc3)nc2-c2ccc(-c3ncon3)cc2)cc1. The van der Waals surface area contributed by atoms with Gasteiger partial charge in [-0.1, -0.05) is 59.2 Å². The van der Waals surface area contributed by atoms with Crippen LogP contribution in [0.4, 0.5) is 0 Å². The van der Waals surface area contributed by atoms with Crippen LogP contribution in [0.3, 0.4) is 0 Å². The van der Waals surface area contributed by atoms with Crippen LogP contribution in [0.25, 0.3) is 34.1 Å². The third-order valence-corrected chi connectivity index (χ3v) is 5.64. The smallest absolute Gasteiger partial charge is 0.228 e. The van der Waals surface area contributed by atoms with E-state index < -0.39 is 0 Å². The molecule has 146 valence electrons. The highest BCUT2D eigenvalue weighted by Gasteiger charge is 2.18. The van der Waals surface area contributed by atoms with E-state index in [0.29, 0.717) is 21.8 Å². The molecule has 0 atom stereocenters. The summed E-state index contributed by atoms with van der Waals surface area (Å²) in [5, 5.41) is 5.28. The number of hydrogen-bond acceptors (Lipinski definition) is 6. The Labute approximate surface area is 181 Å². The molecule has 0 bridgehead atoms. The predicted molar refractivity (Wildman–Crippen MR) is 116 cm³/mol. The van der Waals surface area contributed by atoms with E-state index in [4.69, 9.17) is 25.5 Å². The molecule has 0 fully saturated rings. The molecule has 0 aliphatic carbocycles. The molecule has 0 unspecified atom stereocenters. The molecule has 3 aromatic carbocycles. The highest BCUT2D eigenvalue weighted by atomic mass is 35.5. The van der Waals surface area contributed by atoms with Gasteiger partial charge in [-0.25, -0.2) is 4.98 Å². The lowest BCUT2D eigenvalue weighted by atomic mass is 10.1. The Morgan fingerprint density at radius 1 is 0.767 bits per heavy atom. The Morgan fingerprint density at radius 3 is 2.20 bits per heavy atom. The maximum atomic E-state index is 6.17. The van der Waals surface area contributed by atoms with Gasteiger partial charge in [-0.15, -0.1) is 0 Å². The number of benzene rings is 3. The van der Waals surface area contributed by atoms with Crippen molar-refractivity contribution in [3.8, 4) is 34.1 Å². The summed E-state index contributed by atoms with van der Waals surface area (Å²) >= 11 is 7.53. The Hall–Kier alpha value is -3.35. The first kappa shape index (κ1) is 18.7. The lowest BCUT2D eigenvalue weighted by molar-refractivity contribution is 0.419. The number of rotatable bonds is 5. The molecule has 0 radical (unpaired) electrons. The minimum absolute atomic E-state index is 0.544. The number of nitrogens with zero attached hydrogens (tertiary/aromatic N) is 3. The second-order valence-electron chi connectivity index (χ2n) is 6.41. The van der Waals surface area contributed by atoms with Gasteiger partial charge < -0.3 is 8.94 Å². The van der Waals surface area contributed by atoms with Crippen LogP contribution in [0.1, 0.15) is 0 Å². The Kier molecular flexibility index (Phi) is 5.09. The van der Waals surface area contributed by atoms with Gasteiger partial charge >= 0.3 is 0 Å². The maximum absolute atomic E-state index is 6.17. The number of aromatic nitrogens is 3. The molecule has 0 N–H and O–H groups in total. The van der Waals surface area contributed by atoms with Crippen LogP contribution in [-0.2, 0) is 0 Å². The van der Waals surface area contributed by atoms with Crippen LogP contribution >= 0.6 is 23.4 Å². The summed E-state index contributed by atoms with van der Waals surface area (Å²) in [6.07, 6.45) is 1.31. The summed E-state index contributed by atoms with van der Waals surface area (Å²) in [5.74, 6) is 1.12. The normalized spacial score (nSPS) is 11.0. The average molecular weight is 432 g/mol. The third-order valence-electron chi connectivity index (χ3n) is 4.42. The average Bonchev–Trinajstić information content (AvgIpc) is 3.47. The van der Waals surface area contributed by atoms with Crippen LogP contribution in [0.15, 0.2) is 104 Å². The van der Waals surface area contributed by atoms with Crippen molar-refractivity contribution >= 4 is 23.4 Å². The molecule has 5 rings (SSSR count). The van der Waals surface area contributed by atoms with Crippen LogP contribution in [0.2, 0.25) is 5.02 Å². The first-order valence-electron chi connectivity index (χ1n) is 9.13. The molecule has 2 heterocycles. The quantitative estimate of drug-likeness (QED) is 0.302. The largest absolute Gasteiger partial charge is 0.429 e. The third kappa shape index (κ3) is 3.87. The summed E-state index contributed by atoms with van der Waals surface area (Å²) in [6, 6.07) is 25.3. The van der Waals surface area contributed by atoms with E-state index in [1.807, 2.05) is 78.9 Å². The summed E-state index contributed by atoms with van der Waals surface area (Å²) in [5.41, 5.74) is 3.49. The highest BCUT2D eigenvalue weighted by Crippen LogP contribution is 2.39. The molecule has 0 spiro atoms. The van der Waals surface area contributed by atoms with E-state index in [2.05, 4.69) is 10.1 Å². The second kappa shape index (κ2) is 8.18. The zero-order valence-corrected chi connectivity index (χ0v) is 17.1. The lowest BCUT2D eigenvalue weighted by Crippen LogP contribution is -1.84. The van der Waals surface area contributed by atoms with E-state index in [0.717, 1.165) is 27.3 Å². The number of halogens is 1. The molecule has 30 heavy (non-hydrogen) atoms. The van der Waals surface area contributed by atoms with Crippen LogP contribution < -0.4 is 0 Å². The minimum atomic E-state index is 0.544. The van der Waals surface area contributed by atoms with Crippen molar-refractivity contribution in [2.75, 3.05) is 0 Å². The fourth-order valence-corrected chi connectivity index (χ4v) is 3.94. The summed E-state index contributed by atoms with van der Waals surface area (Å²) in [7, 11) is 0. The van der Waals surface area contributed by atoms with Crippen LogP contribution in [-0.4, -0.2) is 15.1 Å². The monoisotopic (exact) mass is 431 g/mol. The van der Waals surface area contributed by atoms with Crippen molar-refractivity contribution < 1.29 is 8.94 Å². The molecule has 5 nitrogen and oxygen atoms in total. The summed E-state index contributed by atoms with van der Waals surface area (Å²) in [6.45, 7) is 0. The van der Waals surface area contributed by atoms with Crippen molar-refractivity contribution in [3.63, 3.8) is 0 Å². The molecule has 0 aliphatic rings. The van der Waals surface area contributed by atoms with E-state index >= 15 is 0 Å². The van der Waals surface area contributed by atoms with Crippen molar-refractivity contribution in [1.82, 2.24) is 15.1 Å². The number of hydrogen-bond donors (Lipinski definition) is 0. The Bertz CT molecular complexity index is 1250. The zero-order chi connectivity index (χ0) is 20.3. The van der Waals surface area contributed by atoms with E-state index in [1.54, 1.807) is 0 Å². The van der Waals surface area contributed by atoms with Crippen LogP contribution in [0, 0.1) is 0 Å². The molecule has 7 heteroatoms. The van der Waals surface area contributed by atoms with E-state index in [1.165, 1.54) is 18.2 Å². The minimum Gasteiger partial charge on any atom is -0.429 e. The van der Waals surface area contributed by atoms with Gasteiger partial charge in [0.15, 0.2) is 5.09 Å². The first-order chi connectivity index (χ1) is 14.8. The van der Waals surface area contributed by atoms with Gasteiger partial charge in [0.1, 0.15) is 5.69 Å². The molecule has 0 amide bonds. The number of oxazole rings is 1. The molecular formula is C23H14ClN3O2S. The second-order valence-corrected chi connectivity index (χ2v) is 7.89. The molecule has 0 saturated heterocycles. The van der Waals surface area contributed by atoms with Gasteiger partial charge in [0.2, 0.25) is 18.1 Å². The molecular weight excluding hydrogens is 418 g/mol. The van der Waals surface area contributed by atoms with Gasteiger partial charge in [0, 0.05) is 26.6 Å². The molecule has 5 aromatic rings. The van der Waals surface area contributed by atoms with E-state index in [-0.39, 0.29) is 0 Å². The first-order valence-corrected chi connectivity index (χ1v) is 10.3. The standard InChI is InChI=1S/C23H14ClN3O2S/c24-18-10-12-19(13-11-18)30-23-20(26-22(29-23)17-4-2-1-3-5-17)15-6-8-16(9-7-15)21-25-14-28-27-21/h1-14H. The van der Waals surface area contributed by atoms with Gasteiger partial charge in [-0.05, 0) is 48.2 Å². The summed E-state index contributed by atoms with van der Waals surface area (Å²) in [4.78, 5) is 9.89. The van der Waals surface area contributed by atoms with Gasteiger partial charge in [0.25, 0.3) is 0 Å². The lowest BCUT2D eigenvalue weighted by Gasteiger charge is -2.02. The van der Waals surface area contributed by atoms with Crippen LogP contribution in [0.5, 0.6) is 0 Å². The fourth-order valence-electron chi connectivity index (χ4n) is 2.95. The van der Waals surface area contributed by atoms with Crippen molar-refractivity contribution in [2.24, 2.45) is 0 Å². The molecule has 2 aromatic heterocycles. The zero-order valence-electron chi connectivity index (χ0n) is 15.5. The highest BCUT2D eigenvalue weighted by molar-refractivity contribution is 7.99.